The fourth-order valence-corrected chi connectivity index (χ4v) is 2.97. The highest BCUT2D eigenvalue weighted by Gasteiger charge is 2.30. The number of hydrogen-bond acceptors (Lipinski definition) is 3. The summed E-state index contributed by atoms with van der Waals surface area (Å²) in [5.41, 5.74) is 2.43. The standard InChI is InChI=1S/C17H23N3O/c1-3-9-19-14-10-17(15-11-18-12-20(15)4-2)21-16-8-6-5-7-13(14)16/h5-8,11-12,14,17,19H,3-4,9-10H2,1-2H3. The molecule has 2 atom stereocenters. The van der Waals surface area contributed by atoms with E-state index in [4.69, 9.17) is 4.74 Å². The van der Waals surface area contributed by atoms with Crippen molar-refractivity contribution in [2.45, 2.75) is 45.4 Å². The van der Waals surface area contributed by atoms with Crippen molar-refractivity contribution in [1.82, 2.24) is 14.9 Å². The molecule has 1 aliphatic rings. The van der Waals surface area contributed by atoms with Crippen molar-refractivity contribution in [3.8, 4) is 5.75 Å². The van der Waals surface area contributed by atoms with Gasteiger partial charge in [-0.3, -0.25) is 0 Å². The third-order valence-corrected chi connectivity index (χ3v) is 4.07. The van der Waals surface area contributed by atoms with Crippen LogP contribution in [0.1, 0.15) is 50.1 Å². The highest BCUT2D eigenvalue weighted by Crippen LogP contribution is 2.40. The van der Waals surface area contributed by atoms with Gasteiger partial charge in [0.05, 0.1) is 18.2 Å². The maximum absolute atomic E-state index is 6.23. The Labute approximate surface area is 126 Å². The van der Waals surface area contributed by atoms with Crippen LogP contribution >= 0.6 is 0 Å². The van der Waals surface area contributed by atoms with Crippen molar-refractivity contribution >= 4 is 0 Å². The molecule has 2 aromatic rings. The molecule has 4 nitrogen and oxygen atoms in total. The molecule has 21 heavy (non-hydrogen) atoms. The molecule has 2 heterocycles. The summed E-state index contributed by atoms with van der Waals surface area (Å²) in [6.07, 6.45) is 5.96. The van der Waals surface area contributed by atoms with Crippen molar-refractivity contribution in [3.05, 3.63) is 48.0 Å². The van der Waals surface area contributed by atoms with E-state index < -0.39 is 0 Å². The van der Waals surface area contributed by atoms with E-state index in [0.717, 1.165) is 37.4 Å². The summed E-state index contributed by atoms with van der Waals surface area (Å²) in [6.45, 7) is 6.28. The molecule has 0 radical (unpaired) electrons. The SMILES string of the molecule is CCCNC1CC(c2cncn2CC)Oc2ccccc21. The monoisotopic (exact) mass is 285 g/mol. The highest BCUT2D eigenvalue weighted by atomic mass is 16.5. The lowest BCUT2D eigenvalue weighted by Gasteiger charge is -2.33. The summed E-state index contributed by atoms with van der Waals surface area (Å²) in [4.78, 5) is 4.27. The van der Waals surface area contributed by atoms with Crippen molar-refractivity contribution in [1.29, 1.82) is 0 Å². The lowest BCUT2D eigenvalue weighted by Crippen LogP contribution is -2.30. The van der Waals surface area contributed by atoms with Gasteiger partial charge in [-0.1, -0.05) is 25.1 Å². The number of benzene rings is 1. The first kappa shape index (κ1) is 14.1. The highest BCUT2D eigenvalue weighted by molar-refractivity contribution is 5.38. The van der Waals surface area contributed by atoms with Gasteiger partial charge >= 0.3 is 0 Å². The summed E-state index contributed by atoms with van der Waals surface area (Å²) in [6, 6.07) is 8.69. The van der Waals surface area contributed by atoms with Crippen LogP contribution in [-0.2, 0) is 6.54 Å². The van der Waals surface area contributed by atoms with Gasteiger partial charge in [0.2, 0.25) is 0 Å². The molecule has 3 rings (SSSR count). The average molecular weight is 285 g/mol. The van der Waals surface area contributed by atoms with Gasteiger partial charge in [0, 0.05) is 24.6 Å². The molecular weight excluding hydrogens is 262 g/mol. The Hall–Kier alpha value is -1.81. The van der Waals surface area contributed by atoms with Crippen LogP contribution in [0.4, 0.5) is 0 Å². The Balaban J connectivity index is 1.89. The summed E-state index contributed by atoms with van der Waals surface area (Å²) in [7, 11) is 0. The van der Waals surface area contributed by atoms with Crippen LogP contribution in [0, 0.1) is 0 Å². The summed E-state index contributed by atoms with van der Waals surface area (Å²) in [5, 5.41) is 3.65. The zero-order valence-corrected chi connectivity index (χ0v) is 12.7. The third kappa shape index (κ3) is 2.81. The van der Waals surface area contributed by atoms with Crippen LogP contribution in [0.15, 0.2) is 36.8 Å². The van der Waals surface area contributed by atoms with Crippen molar-refractivity contribution in [3.63, 3.8) is 0 Å². The lowest BCUT2D eigenvalue weighted by molar-refractivity contribution is 0.144. The Kier molecular flexibility index (Phi) is 4.25. The van der Waals surface area contributed by atoms with Gasteiger partial charge in [0.15, 0.2) is 0 Å². The lowest BCUT2D eigenvalue weighted by atomic mass is 9.95. The summed E-state index contributed by atoms with van der Waals surface area (Å²) >= 11 is 0. The van der Waals surface area contributed by atoms with E-state index in [0.29, 0.717) is 6.04 Å². The number of ether oxygens (including phenoxy) is 1. The second-order valence-electron chi connectivity index (χ2n) is 5.49. The fourth-order valence-electron chi connectivity index (χ4n) is 2.97. The Morgan fingerprint density at radius 1 is 1.33 bits per heavy atom. The van der Waals surface area contributed by atoms with Crippen LogP contribution in [0.5, 0.6) is 5.75 Å². The van der Waals surface area contributed by atoms with Gasteiger partial charge < -0.3 is 14.6 Å². The van der Waals surface area contributed by atoms with Gasteiger partial charge in [-0.15, -0.1) is 0 Å². The second kappa shape index (κ2) is 6.31. The molecule has 2 unspecified atom stereocenters. The molecular formula is C17H23N3O. The number of imidazole rings is 1. The number of hydrogen-bond donors (Lipinski definition) is 1. The maximum atomic E-state index is 6.23. The van der Waals surface area contributed by atoms with E-state index in [1.807, 2.05) is 18.6 Å². The van der Waals surface area contributed by atoms with Crippen molar-refractivity contribution in [2.24, 2.45) is 0 Å². The topological polar surface area (TPSA) is 39.1 Å². The number of para-hydroxylation sites is 1. The fraction of sp³-hybridized carbons (Fsp3) is 0.471. The molecule has 0 fully saturated rings. The number of aromatic nitrogens is 2. The van der Waals surface area contributed by atoms with E-state index in [9.17, 15) is 0 Å². The Morgan fingerprint density at radius 3 is 3.00 bits per heavy atom. The summed E-state index contributed by atoms with van der Waals surface area (Å²) in [5.74, 6) is 0.992. The molecule has 112 valence electrons. The van der Waals surface area contributed by atoms with Crippen LogP contribution in [-0.4, -0.2) is 16.1 Å². The minimum Gasteiger partial charge on any atom is -0.484 e. The number of nitrogens with zero attached hydrogens (tertiary/aromatic N) is 2. The third-order valence-electron chi connectivity index (χ3n) is 4.07. The first-order valence-corrected chi connectivity index (χ1v) is 7.82. The molecule has 1 aliphatic heterocycles. The maximum Gasteiger partial charge on any atom is 0.142 e. The molecule has 0 saturated heterocycles. The molecule has 0 bridgehead atoms. The Bertz CT molecular complexity index is 593. The molecule has 0 amide bonds. The minimum atomic E-state index is 0.0664. The van der Waals surface area contributed by atoms with E-state index in [1.54, 1.807) is 0 Å². The first-order chi connectivity index (χ1) is 10.3. The van der Waals surface area contributed by atoms with Gasteiger partial charge in [0.1, 0.15) is 11.9 Å². The van der Waals surface area contributed by atoms with Gasteiger partial charge in [-0.2, -0.15) is 0 Å². The molecule has 1 aromatic heterocycles. The average Bonchev–Trinajstić information content (AvgIpc) is 3.01. The Morgan fingerprint density at radius 2 is 2.19 bits per heavy atom. The number of rotatable bonds is 5. The quantitative estimate of drug-likeness (QED) is 0.914. The van der Waals surface area contributed by atoms with Crippen LogP contribution < -0.4 is 10.1 Å². The van der Waals surface area contributed by atoms with E-state index in [-0.39, 0.29) is 6.10 Å². The van der Waals surface area contributed by atoms with E-state index in [1.165, 1.54) is 5.56 Å². The van der Waals surface area contributed by atoms with E-state index >= 15 is 0 Å². The zero-order chi connectivity index (χ0) is 14.7. The van der Waals surface area contributed by atoms with Crippen molar-refractivity contribution in [2.75, 3.05) is 6.54 Å². The predicted molar refractivity (Wildman–Crippen MR) is 83.4 cm³/mol. The minimum absolute atomic E-state index is 0.0664. The largest absolute Gasteiger partial charge is 0.484 e. The van der Waals surface area contributed by atoms with E-state index in [2.05, 4.69) is 46.9 Å². The van der Waals surface area contributed by atoms with Gasteiger partial charge in [-0.25, -0.2) is 4.98 Å². The molecule has 0 spiro atoms. The number of fused-ring (bicyclic) bond motifs is 1. The molecule has 0 saturated carbocycles. The molecule has 1 aromatic carbocycles. The van der Waals surface area contributed by atoms with Crippen LogP contribution in [0.25, 0.3) is 0 Å². The summed E-state index contributed by atoms with van der Waals surface area (Å²) < 4.78 is 8.39. The second-order valence-corrected chi connectivity index (χ2v) is 5.49. The molecule has 1 N–H and O–H groups in total. The van der Waals surface area contributed by atoms with Gasteiger partial charge in [-0.05, 0) is 26.0 Å². The molecule has 4 heteroatoms. The predicted octanol–water partition coefficient (Wildman–Crippen LogP) is 3.47. The molecule has 0 aliphatic carbocycles. The zero-order valence-electron chi connectivity index (χ0n) is 12.7. The number of aryl methyl sites for hydroxylation is 1. The van der Waals surface area contributed by atoms with Gasteiger partial charge in [0.25, 0.3) is 0 Å². The number of nitrogens with one attached hydrogen (secondary N) is 1. The smallest absolute Gasteiger partial charge is 0.142 e. The normalized spacial score (nSPS) is 20.9. The van der Waals surface area contributed by atoms with Crippen LogP contribution in [0.2, 0.25) is 0 Å². The first-order valence-electron chi connectivity index (χ1n) is 7.82. The van der Waals surface area contributed by atoms with Crippen molar-refractivity contribution < 1.29 is 4.74 Å². The van der Waals surface area contributed by atoms with Crippen LogP contribution in [0.3, 0.4) is 0 Å².